The van der Waals surface area contributed by atoms with Gasteiger partial charge in [0.25, 0.3) is 29.5 Å². The number of anilines is 2. The van der Waals surface area contributed by atoms with Crippen LogP contribution >= 0.6 is 22.7 Å². The van der Waals surface area contributed by atoms with Crippen molar-refractivity contribution in [2.75, 3.05) is 10.6 Å². The van der Waals surface area contributed by atoms with Crippen molar-refractivity contribution in [2.24, 2.45) is 5.41 Å². The van der Waals surface area contributed by atoms with E-state index in [9.17, 15) is 42.7 Å². The minimum absolute atomic E-state index is 0.0392. The number of carboxylic acids is 1. The standard InChI is InChI=1S/C28H31FN4O3S.C22H18FN3O4S/c1-15-21(13-18(14-23(15)29)25(35)32-19-7-8-19)20-9-6-17(24(34)31-16(2)28(3,4)5)12-22(20)26(36)33-27-30-10-11-37-27;1-11-16(9-13(10-18(11)23)19(27)25-14-3-4-14)15-5-2-12(21(29)30)8-17(15)20(28)26-22-24-6-7-31-22/h6,9-14,16,19H,7-8H2,1-5H3,(H,31,34)(H,32,35)(H,30,33,36);2,5-10,14H,3-4H2,1H3,(H,25,27)(H,29,30)(H,24,26,28)/t16-;/m1./s1. The highest BCUT2D eigenvalue weighted by Gasteiger charge is 2.28. The highest BCUT2D eigenvalue weighted by molar-refractivity contribution is 7.14. The number of rotatable bonds is 13. The number of thiazole rings is 2. The van der Waals surface area contributed by atoms with Crippen molar-refractivity contribution in [1.82, 2.24) is 25.9 Å². The first-order valence-corrected chi connectivity index (χ1v) is 23.5. The van der Waals surface area contributed by atoms with Gasteiger partial charge >= 0.3 is 5.97 Å². The molecule has 2 fully saturated rings. The predicted octanol–water partition coefficient (Wildman–Crippen LogP) is 9.67. The fourth-order valence-electron chi connectivity index (χ4n) is 6.78. The molecule has 0 aliphatic heterocycles. The van der Waals surface area contributed by atoms with Crippen LogP contribution in [0.25, 0.3) is 22.3 Å². The smallest absolute Gasteiger partial charge is 0.335 e. The third-order valence-corrected chi connectivity index (χ3v) is 13.0. The molecule has 18 heteroatoms. The van der Waals surface area contributed by atoms with Gasteiger partial charge in [-0.25, -0.2) is 23.5 Å². The topological polar surface area (TPSA) is 209 Å². The van der Waals surface area contributed by atoms with Gasteiger partial charge in [0.1, 0.15) is 11.6 Å². The van der Waals surface area contributed by atoms with Gasteiger partial charge in [-0.05, 0) is 134 Å². The van der Waals surface area contributed by atoms with Crippen LogP contribution in [-0.2, 0) is 0 Å². The Morgan fingerprint density at radius 3 is 1.41 bits per heavy atom. The van der Waals surface area contributed by atoms with E-state index in [1.54, 1.807) is 49.0 Å². The average molecular weight is 962 g/mol. The summed E-state index contributed by atoms with van der Waals surface area (Å²) in [7, 11) is 0. The van der Waals surface area contributed by atoms with E-state index >= 15 is 0 Å². The maximum absolute atomic E-state index is 15.0. The van der Waals surface area contributed by atoms with Crippen molar-refractivity contribution in [2.45, 2.75) is 85.4 Å². The fraction of sp³-hybridized carbons (Fsp3) is 0.280. The van der Waals surface area contributed by atoms with E-state index in [-0.39, 0.29) is 68.7 Å². The summed E-state index contributed by atoms with van der Waals surface area (Å²) in [4.78, 5) is 84.1. The summed E-state index contributed by atoms with van der Waals surface area (Å²) in [5.41, 5.74) is 2.59. The normalized spacial score (nSPS) is 13.6. The number of aromatic carboxylic acids is 1. The summed E-state index contributed by atoms with van der Waals surface area (Å²) >= 11 is 2.47. The minimum atomic E-state index is -1.20. The third kappa shape index (κ3) is 11.8. The molecular formula is C50H49F2N7O7S2. The molecule has 2 heterocycles. The lowest BCUT2D eigenvalue weighted by Gasteiger charge is -2.28. The Morgan fingerprint density at radius 1 is 0.603 bits per heavy atom. The van der Waals surface area contributed by atoms with Crippen LogP contribution in [0.2, 0.25) is 0 Å². The number of nitrogens with zero attached hydrogens (tertiary/aromatic N) is 2. The Bertz CT molecular complexity index is 2930. The van der Waals surface area contributed by atoms with Crippen LogP contribution in [0.3, 0.4) is 0 Å². The summed E-state index contributed by atoms with van der Waals surface area (Å²) < 4.78 is 29.7. The predicted molar refractivity (Wildman–Crippen MR) is 258 cm³/mol. The molecule has 6 aromatic rings. The SMILES string of the molecule is Cc1c(F)cc(C(=O)NC2CC2)cc1-c1ccc(C(=O)N[C@H](C)C(C)(C)C)cc1C(=O)Nc1nccs1.Cc1c(F)cc(C(=O)NC2CC2)cc1-c1ccc(C(=O)O)cc1C(=O)Nc1nccs1. The van der Waals surface area contributed by atoms with Gasteiger partial charge in [-0.2, -0.15) is 0 Å². The molecule has 0 spiro atoms. The second-order valence-corrected chi connectivity index (χ2v) is 19.5. The van der Waals surface area contributed by atoms with E-state index in [1.807, 2.05) is 27.7 Å². The number of aromatic nitrogens is 2. The van der Waals surface area contributed by atoms with Crippen LogP contribution in [-0.4, -0.2) is 68.7 Å². The van der Waals surface area contributed by atoms with Gasteiger partial charge in [-0.1, -0.05) is 32.9 Å². The van der Waals surface area contributed by atoms with Gasteiger partial charge in [-0.15, -0.1) is 22.7 Å². The Morgan fingerprint density at radius 2 is 1.03 bits per heavy atom. The maximum atomic E-state index is 15.0. The first kappa shape index (κ1) is 48.7. The Hall–Kier alpha value is -7.18. The lowest BCUT2D eigenvalue weighted by Crippen LogP contribution is -2.41. The van der Waals surface area contributed by atoms with Crippen LogP contribution < -0.4 is 26.6 Å². The molecule has 4 aromatic carbocycles. The molecule has 2 aliphatic carbocycles. The van der Waals surface area contributed by atoms with Crippen LogP contribution in [0.4, 0.5) is 19.0 Å². The van der Waals surface area contributed by atoms with Gasteiger partial charge in [-0.3, -0.25) is 34.6 Å². The molecule has 0 bridgehead atoms. The number of carbonyl (C=O) groups excluding carboxylic acids is 5. The highest BCUT2D eigenvalue weighted by Crippen LogP contribution is 2.34. The highest BCUT2D eigenvalue weighted by atomic mass is 32.1. The van der Waals surface area contributed by atoms with Crippen molar-refractivity contribution in [3.8, 4) is 22.3 Å². The number of nitrogens with one attached hydrogen (secondary N) is 5. The summed E-state index contributed by atoms with van der Waals surface area (Å²) in [6, 6.07) is 14.3. The summed E-state index contributed by atoms with van der Waals surface area (Å²) in [5.74, 6) is -4.48. The second kappa shape index (κ2) is 20.4. The Kier molecular flexibility index (Phi) is 14.6. The Balaban J connectivity index is 0.000000204. The fourth-order valence-corrected chi connectivity index (χ4v) is 7.82. The van der Waals surface area contributed by atoms with Crippen molar-refractivity contribution in [1.29, 1.82) is 0 Å². The summed E-state index contributed by atoms with van der Waals surface area (Å²) in [5, 5.41) is 27.6. The molecule has 0 saturated heterocycles. The molecule has 2 aliphatic rings. The zero-order chi connectivity index (χ0) is 49.0. The summed E-state index contributed by atoms with van der Waals surface area (Å²) in [6.45, 7) is 11.1. The van der Waals surface area contributed by atoms with Crippen LogP contribution in [0, 0.1) is 30.9 Å². The molecule has 68 heavy (non-hydrogen) atoms. The van der Waals surface area contributed by atoms with Gasteiger partial charge in [0.05, 0.1) is 5.56 Å². The molecule has 14 nitrogen and oxygen atoms in total. The largest absolute Gasteiger partial charge is 0.478 e. The lowest BCUT2D eigenvalue weighted by atomic mass is 9.87. The zero-order valence-corrected chi connectivity index (χ0v) is 39.6. The van der Waals surface area contributed by atoms with E-state index in [2.05, 4.69) is 36.6 Å². The summed E-state index contributed by atoms with van der Waals surface area (Å²) in [6.07, 6.45) is 6.70. The van der Waals surface area contributed by atoms with Gasteiger partial charge < -0.3 is 21.1 Å². The third-order valence-electron chi connectivity index (χ3n) is 11.6. The molecular weight excluding hydrogens is 913 g/mol. The second-order valence-electron chi connectivity index (χ2n) is 17.7. The van der Waals surface area contributed by atoms with Crippen molar-refractivity contribution >= 4 is 68.4 Å². The van der Waals surface area contributed by atoms with Gasteiger partial charge in [0.2, 0.25) is 0 Å². The minimum Gasteiger partial charge on any atom is -0.478 e. The zero-order valence-electron chi connectivity index (χ0n) is 38.0. The molecule has 352 valence electrons. The molecule has 2 aromatic heterocycles. The number of carbonyl (C=O) groups is 6. The quantitative estimate of drug-likeness (QED) is 0.0650. The van der Waals surface area contributed by atoms with E-state index in [4.69, 9.17) is 0 Å². The van der Waals surface area contributed by atoms with Crippen LogP contribution in [0.1, 0.15) is 127 Å². The number of benzene rings is 4. The Labute approximate surface area is 399 Å². The van der Waals surface area contributed by atoms with E-state index in [0.717, 1.165) is 31.7 Å². The molecule has 2 saturated carbocycles. The van der Waals surface area contributed by atoms with Gasteiger partial charge in [0, 0.05) is 69.1 Å². The first-order chi connectivity index (χ1) is 32.3. The van der Waals surface area contributed by atoms with Crippen molar-refractivity contribution in [3.05, 3.63) is 140 Å². The number of hydrogen-bond acceptors (Lipinski definition) is 10. The van der Waals surface area contributed by atoms with Crippen LogP contribution in [0.15, 0.2) is 83.8 Å². The molecule has 8 rings (SSSR count). The molecule has 0 unspecified atom stereocenters. The van der Waals surface area contributed by atoms with Crippen molar-refractivity contribution < 1.29 is 42.7 Å². The monoisotopic (exact) mass is 961 g/mol. The maximum Gasteiger partial charge on any atom is 0.335 e. The number of carboxylic acid groups (broad SMARTS) is 1. The number of halogens is 2. The first-order valence-electron chi connectivity index (χ1n) is 21.7. The van der Waals surface area contributed by atoms with E-state index in [1.165, 1.54) is 65.3 Å². The van der Waals surface area contributed by atoms with Gasteiger partial charge in [0.15, 0.2) is 10.3 Å². The average Bonchev–Trinajstić information content (AvgIpc) is 4.19. The van der Waals surface area contributed by atoms with Crippen molar-refractivity contribution in [3.63, 3.8) is 0 Å². The molecule has 1 atom stereocenters. The van der Waals surface area contributed by atoms with E-state index < -0.39 is 35.3 Å². The molecule has 5 amide bonds. The lowest BCUT2D eigenvalue weighted by molar-refractivity contribution is 0.0695. The number of amides is 5. The van der Waals surface area contributed by atoms with Crippen LogP contribution in [0.5, 0.6) is 0 Å². The number of hydrogen-bond donors (Lipinski definition) is 6. The molecule has 6 N–H and O–H groups in total. The van der Waals surface area contributed by atoms with E-state index in [0.29, 0.717) is 43.6 Å². The molecule has 0 radical (unpaired) electrons.